The number of hydrogen-bond acceptors (Lipinski definition) is 4. The maximum Gasteiger partial charge on any atom is 0.251 e. The molecule has 1 aliphatic heterocycles. The van der Waals surface area contributed by atoms with Crippen molar-refractivity contribution < 1.29 is 0 Å². The van der Waals surface area contributed by atoms with Gasteiger partial charge in [-0.3, -0.25) is 4.79 Å². The van der Waals surface area contributed by atoms with Gasteiger partial charge in [0, 0.05) is 50.9 Å². The molecule has 2 rings (SSSR count). The maximum atomic E-state index is 11.2. The lowest BCUT2D eigenvalue weighted by atomic mass is 10.2. The third-order valence-electron chi connectivity index (χ3n) is 2.81. The molecule has 2 N–H and O–H groups in total. The minimum Gasteiger partial charge on any atom is -0.314 e. The molecule has 1 saturated heterocycles. The second-order valence-electron chi connectivity index (χ2n) is 4.16. The van der Waals surface area contributed by atoms with Crippen molar-refractivity contribution >= 4 is 0 Å². The summed E-state index contributed by atoms with van der Waals surface area (Å²) in [5, 5.41) is 3.32. The lowest BCUT2D eigenvalue weighted by Crippen LogP contribution is -2.44. The molecule has 1 aromatic rings. The number of rotatable bonds is 3. The minimum absolute atomic E-state index is 0.0530. The van der Waals surface area contributed by atoms with Crippen LogP contribution in [0.25, 0.3) is 0 Å². The second kappa shape index (κ2) is 5.23. The van der Waals surface area contributed by atoms with E-state index >= 15 is 0 Å². The van der Waals surface area contributed by atoms with Gasteiger partial charge < -0.3 is 15.2 Å². The molecule has 16 heavy (non-hydrogen) atoms. The Balaban J connectivity index is 1.90. The van der Waals surface area contributed by atoms with Crippen molar-refractivity contribution in [1.29, 1.82) is 0 Å². The van der Waals surface area contributed by atoms with Gasteiger partial charge in [-0.25, -0.2) is 4.98 Å². The maximum absolute atomic E-state index is 11.2. The van der Waals surface area contributed by atoms with Crippen molar-refractivity contribution in [3.8, 4) is 0 Å². The van der Waals surface area contributed by atoms with E-state index in [0.29, 0.717) is 5.82 Å². The van der Waals surface area contributed by atoms with Crippen molar-refractivity contribution in [1.82, 2.24) is 20.2 Å². The summed E-state index contributed by atoms with van der Waals surface area (Å²) in [6.45, 7) is 7.08. The first-order valence-corrected chi connectivity index (χ1v) is 5.74. The van der Waals surface area contributed by atoms with Crippen LogP contribution in [0.3, 0.4) is 0 Å². The summed E-state index contributed by atoms with van der Waals surface area (Å²) in [6.07, 6.45) is 0.852. The third-order valence-corrected chi connectivity index (χ3v) is 2.81. The standard InChI is InChI=1S/C11H18N4O/c1-9-13-10(8-11(16)14-9)2-5-15-6-3-12-4-7-15/h8,12H,2-7H2,1H3,(H,13,14,16). The molecule has 2 heterocycles. The van der Waals surface area contributed by atoms with Crippen molar-refractivity contribution in [3.05, 3.63) is 27.9 Å². The van der Waals surface area contributed by atoms with Gasteiger partial charge in [0.25, 0.3) is 5.56 Å². The van der Waals surface area contributed by atoms with Crippen LogP contribution >= 0.6 is 0 Å². The molecule has 1 fully saturated rings. The number of hydrogen-bond donors (Lipinski definition) is 2. The van der Waals surface area contributed by atoms with Crippen LogP contribution in [-0.4, -0.2) is 47.6 Å². The van der Waals surface area contributed by atoms with Gasteiger partial charge in [-0.1, -0.05) is 0 Å². The summed E-state index contributed by atoms with van der Waals surface area (Å²) in [6, 6.07) is 1.59. The summed E-state index contributed by atoms with van der Waals surface area (Å²) in [5.74, 6) is 0.697. The zero-order valence-electron chi connectivity index (χ0n) is 9.62. The first-order valence-electron chi connectivity index (χ1n) is 5.74. The zero-order chi connectivity index (χ0) is 11.4. The SMILES string of the molecule is Cc1nc(CCN2CCNCC2)cc(=O)[nH]1. The first-order chi connectivity index (χ1) is 7.74. The smallest absolute Gasteiger partial charge is 0.251 e. The van der Waals surface area contributed by atoms with Crippen LogP contribution in [0.2, 0.25) is 0 Å². The van der Waals surface area contributed by atoms with Gasteiger partial charge in [-0.15, -0.1) is 0 Å². The van der Waals surface area contributed by atoms with Gasteiger partial charge in [0.2, 0.25) is 0 Å². The Morgan fingerprint density at radius 3 is 2.88 bits per heavy atom. The molecule has 5 nitrogen and oxygen atoms in total. The quantitative estimate of drug-likeness (QED) is 0.725. The summed E-state index contributed by atoms with van der Waals surface area (Å²) >= 11 is 0. The molecule has 0 atom stereocenters. The van der Waals surface area contributed by atoms with Crippen molar-refractivity contribution in [3.63, 3.8) is 0 Å². The number of nitrogens with one attached hydrogen (secondary N) is 2. The molecule has 1 aromatic heterocycles. The molecule has 0 radical (unpaired) electrons. The van der Waals surface area contributed by atoms with Crippen LogP contribution in [0.1, 0.15) is 11.5 Å². The summed E-state index contributed by atoms with van der Waals surface area (Å²) < 4.78 is 0. The van der Waals surface area contributed by atoms with Gasteiger partial charge in [-0.05, 0) is 6.92 Å². The summed E-state index contributed by atoms with van der Waals surface area (Å²) in [4.78, 5) is 20.6. The van der Waals surface area contributed by atoms with Gasteiger partial charge in [0.15, 0.2) is 0 Å². The average molecular weight is 222 g/mol. The second-order valence-corrected chi connectivity index (χ2v) is 4.16. The number of piperazine rings is 1. The molecule has 0 saturated carbocycles. The van der Waals surface area contributed by atoms with Gasteiger partial charge in [0.1, 0.15) is 5.82 Å². The number of nitrogens with zero attached hydrogens (tertiary/aromatic N) is 2. The van der Waals surface area contributed by atoms with Crippen molar-refractivity contribution in [2.24, 2.45) is 0 Å². The Morgan fingerprint density at radius 1 is 1.44 bits per heavy atom. The van der Waals surface area contributed by atoms with Gasteiger partial charge >= 0.3 is 0 Å². The molecular formula is C11H18N4O. The van der Waals surface area contributed by atoms with E-state index in [9.17, 15) is 4.79 Å². The van der Waals surface area contributed by atoms with Crippen LogP contribution in [-0.2, 0) is 6.42 Å². The van der Waals surface area contributed by atoms with Crippen molar-refractivity contribution in [2.75, 3.05) is 32.7 Å². The third kappa shape index (κ3) is 3.15. The molecular weight excluding hydrogens is 204 g/mol. The molecule has 0 unspecified atom stereocenters. The number of aryl methyl sites for hydroxylation is 1. The molecule has 88 valence electrons. The van der Waals surface area contributed by atoms with E-state index in [2.05, 4.69) is 20.2 Å². The largest absolute Gasteiger partial charge is 0.314 e. The number of aromatic amines is 1. The van der Waals surface area contributed by atoms with E-state index in [-0.39, 0.29) is 5.56 Å². The van der Waals surface area contributed by atoms with Crippen LogP contribution < -0.4 is 10.9 Å². The fourth-order valence-corrected chi connectivity index (χ4v) is 1.98. The monoisotopic (exact) mass is 222 g/mol. The highest BCUT2D eigenvalue weighted by Crippen LogP contribution is 1.98. The van der Waals surface area contributed by atoms with E-state index in [1.807, 2.05) is 6.92 Å². The number of aromatic nitrogens is 2. The Morgan fingerprint density at radius 2 is 2.19 bits per heavy atom. The van der Waals surface area contributed by atoms with E-state index in [1.54, 1.807) is 6.07 Å². The molecule has 0 spiro atoms. The topological polar surface area (TPSA) is 61.0 Å². The van der Waals surface area contributed by atoms with Gasteiger partial charge in [-0.2, -0.15) is 0 Å². The van der Waals surface area contributed by atoms with Crippen LogP contribution in [0, 0.1) is 6.92 Å². The Bertz CT molecular complexity index is 395. The summed E-state index contributed by atoms with van der Waals surface area (Å²) in [7, 11) is 0. The highest BCUT2D eigenvalue weighted by atomic mass is 16.1. The van der Waals surface area contributed by atoms with E-state index in [1.165, 1.54) is 0 Å². The molecule has 0 bridgehead atoms. The Hall–Kier alpha value is -1.20. The first kappa shape index (κ1) is 11.3. The predicted molar refractivity (Wildman–Crippen MR) is 62.6 cm³/mol. The van der Waals surface area contributed by atoms with Gasteiger partial charge in [0.05, 0.1) is 0 Å². The normalized spacial score (nSPS) is 17.6. The Kier molecular flexibility index (Phi) is 3.69. The van der Waals surface area contributed by atoms with E-state index in [0.717, 1.165) is 44.8 Å². The predicted octanol–water partition coefficient (Wildman–Crippen LogP) is -0.474. The molecule has 0 amide bonds. The lowest BCUT2D eigenvalue weighted by molar-refractivity contribution is 0.243. The molecule has 5 heteroatoms. The van der Waals surface area contributed by atoms with Crippen LogP contribution in [0.5, 0.6) is 0 Å². The minimum atomic E-state index is -0.0530. The molecule has 0 aliphatic carbocycles. The van der Waals surface area contributed by atoms with Crippen molar-refractivity contribution in [2.45, 2.75) is 13.3 Å². The molecule has 1 aliphatic rings. The highest BCUT2D eigenvalue weighted by molar-refractivity contribution is 5.02. The number of H-pyrrole nitrogens is 1. The van der Waals surface area contributed by atoms with Crippen LogP contribution in [0.4, 0.5) is 0 Å². The van der Waals surface area contributed by atoms with Crippen LogP contribution in [0.15, 0.2) is 10.9 Å². The Labute approximate surface area is 94.9 Å². The highest BCUT2D eigenvalue weighted by Gasteiger charge is 2.09. The average Bonchev–Trinajstić information content (AvgIpc) is 2.27. The fourth-order valence-electron chi connectivity index (χ4n) is 1.98. The van der Waals surface area contributed by atoms with E-state index in [4.69, 9.17) is 0 Å². The summed E-state index contributed by atoms with van der Waals surface area (Å²) in [5.41, 5.74) is 0.836. The zero-order valence-corrected chi connectivity index (χ0v) is 9.62. The fraction of sp³-hybridized carbons (Fsp3) is 0.636. The van der Waals surface area contributed by atoms with E-state index < -0.39 is 0 Å². The molecule has 0 aromatic carbocycles. The lowest BCUT2D eigenvalue weighted by Gasteiger charge is -2.26.